The summed E-state index contributed by atoms with van der Waals surface area (Å²) >= 11 is 0. The van der Waals surface area contributed by atoms with Gasteiger partial charge in [-0.05, 0) is 53.4 Å². The van der Waals surface area contributed by atoms with E-state index in [1.165, 1.54) is 77.0 Å². The highest BCUT2D eigenvalue weighted by Gasteiger charge is 2.34. The number of hydrogen-bond donors (Lipinski definition) is 0. The standard InChI is InChI=1S/C21H46N3.ClH/c1-7-13-15-17-19-24(12-6,20-18-16-14-8-2)21(22-9-3)23(10-4)11-5;/h7-20H2,1-6H3;1H/q+1;/p-1. The van der Waals surface area contributed by atoms with Gasteiger partial charge in [0.05, 0.1) is 19.6 Å². The molecular weight excluding hydrogens is 330 g/mol. The lowest BCUT2D eigenvalue weighted by Crippen LogP contribution is -3.00. The number of rotatable bonds is 14. The molecular formula is C21H46ClN3. The minimum Gasteiger partial charge on any atom is -1.00 e. The molecule has 0 bridgehead atoms. The van der Waals surface area contributed by atoms with Crippen molar-refractivity contribution < 1.29 is 16.9 Å². The molecule has 0 rings (SSSR count). The van der Waals surface area contributed by atoms with Crippen LogP contribution in [-0.4, -0.2) is 54.6 Å². The number of nitrogens with zero attached hydrogens (tertiary/aromatic N) is 3. The van der Waals surface area contributed by atoms with Crippen molar-refractivity contribution in [2.24, 2.45) is 4.99 Å². The lowest BCUT2D eigenvalue weighted by atomic mass is 10.1. The third kappa shape index (κ3) is 9.84. The monoisotopic (exact) mass is 375 g/mol. The van der Waals surface area contributed by atoms with E-state index >= 15 is 0 Å². The van der Waals surface area contributed by atoms with Crippen LogP contribution >= 0.6 is 0 Å². The van der Waals surface area contributed by atoms with E-state index in [0.717, 1.165) is 24.1 Å². The predicted molar refractivity (Wildman–Crippen MR) is 110 cm³/mol. The van der Waals surface area contributed by atoms with Crippen LogP contribution in [0.25, 0.3) is 0 Å². The van der Waals surface area contributed by atoms with Crippen molar-refractivity contribution in [1.82, 2.24) is 4.90 Å². The molecule has 4 heteroatoms. The van der Waals surface area contributed by atoms with Crippen LogP contribution in [0.15, 0.2) is 4.99 Å². The van der Waals surface area contributed by atoms with Gasteiger partial charge in [-0.2, -0.15) is 0 Å². The third-order valence-corrected chi connectivity index (χ3v) is 5.25. The van der Waals surface area contributed by atoms with Gasteiger partial charge in [0, 0.05) is 19.6 Å². The molecule has 25 heavy (non-hydrogen) atoms. The van der Waals surface area contributed by atoms with E-state index in [9.17, 15) is 0 Å². The van der Waals surface area contributed by atoms with E-state index in [1.807, 2.05) is 0 Å². The Bertz CT molecular complexity index is 302. The van der Waals surface area contributed by atoms with Crippen LogP contribution in [0.3, 0.4) is 0 Å². The molecule has 0 aliphatic carbocycles. The molecule has 152 valence electrons. The van der Waals surface area contributed by atoms with Gasteiger partial charge in [-0.1, -0.05) is 39.5 Å². The van der Waals surface area contributed by atoms with Gasteiger partial charge < -0.3 is 17.3 Å². The fraction of sp³-hybridized carbons (Fsp3) is 0.952. The molecule has 0 aliphatic heterocycles. The second-order valence-corrected chi connectivity index (χ2v) is 6.98. The van der Waals surface area contributed by atoms with Crippen molar-refractivity contribution >= 4 is 5.96 Å². The van der Waals surface area contributed by atoms with Gasteiger partial charge in [-0.25, -0.2) is 4.99 Å². The Kier molecular flexibility index (Phi) is 18.5. The Morgan fingerprint density at radius 2 is 1.20 bits per heavy atom. The number of aliphatic imine (C=N–C) groups is 1. The number of guanidine groups is 1. The molecule has 0 aromatic rings. The van der Waals surface area contributed by atoms with E-state index < -0.39 is 0 Å². The molecule has 0 amide bonds. The zero-order valence-electron chi connectivity index (χ0n) is 18.1. The van der Waals surface area contributed by atoms with E-state index in [2.05, 4.69) is 46.4 Å². The maximum Gasteiger partial charge on any atom is 0.300 e. The van der Waals surface area contributed by atoms with Crippen LogP contribution in [-0.2, 0) is 0 Å². The molecule has 0 spiro atoms. The van der Waals surface area contributed by atoms with Gasteiger partial charge in [-0.3, -0.25) is 4.48 Å². The molecule has 0 saturated heterocycles. The number of halogens is 1. The largest absolute Gasteiger partial charge is 1.00 e. The molecule has 0 heterocycles. The van der Waals surface area contributed by atoms with Gasteiger partial charge in [0.1, 0.15) is 0 Å². The van der Waals surface area contributed by atoms with Gasteiger partial charge in [-0.15, -0.1) is 0 Å². The Morgan fingerprint density at radius 1 is 0.720 bits per heavy atom. The van der Waals surface area contributed by atoms with Crippen LogP contribution in [0.5, 0.6) is 0 Å². The average Bonchev–Trinajstić information content (AvgIpc) is 2.61. The smallest absolute Gasteiger partial charge is 0.300 e. The van der Waals surface area contributed by atoms with E-state index in [-0.39, 0.29) is 12.4 Å². The second kappa shape index (κ2) is 17.1. The first-order valence-electron chi connectivity index (χ1n) is 10.8. The van der Waals surface area contributed by atoms with Gasteiger partial charge in [0.2, 0.25) is 0 Å². The van der Waals surface area contributed by atoms with Crippen LogP contribution in [0.2, 0.25) is 0 Å². The van der Waals surface area contributed by atoms with Crippen molar-refractivity contribution in [3.63, 3.8) is 0 Å². The van der Waals surface area contributed by atoms with Crippen molar-refractivity contribution in [3.8, 4) is 0 Å². The molecule has 0 saturated carbocycles. The molecule has 0 aromatic heterocycles. The Morgan fingerprint density at radius 3 is 1.52 bits per heavy atom. The predicted octanol–water partition coefficient (Wildman–Crippen LogP) is 2.71. The minimum atomic E-state index is 0. The van der Waals surface area contributed by atoms with E-state index in [4.69, 9.17) is 4.99 Å². The number of hydrogen-bond acceptors (Lipinski definition) is 1. The topological polar surface area (TPSA) is 15.6 Å². The van der Waals surface area contributed by atoms with E-state index in [1.54, 1.807) is 0 Å². The molecule has 0 fully saturated rings. The zero-order chi connectivity index (χ0) is 18.3. The molecule has 0 unspecified atom stereocenters. The van der Waals surface area contributed by atoms with Crippen molar-refractivity contribution in [2.75, 3.05) is 39.3 Å². The summed E-state index contributed by atoms with van der Waals surface area (Å²) in [6, 6.07) is 0. The quantitative estimate of drug-likeness (QED) is 0.197. The second-order valence-electron chi connectivity index (χ2n) is 6.98. The van der Waals surface area contributed by atoms with Gasteiger partial charge in [0.25, 0.3) is 5.96 Å². The first kappa shape index (κ1) is 26.9. The summed E-state index contributed by atoms with van der Waals surface area (Å²) in [7, 11) is 0. The van der Waals surface area contributed by atoms with Crippen LogP contribution < -0.4 is 12.4 Å². The van der Waals surface area contributed by atoms with Gasteiger partial charge >= 0.3 is 0 Å². The van der Waals surface area contributed by atoms with Gasteiger partial charge in [0.15, 0.2) is 0 Å². The maximum absolute atomic E-state index is 5.02. The SMILES string of the molecule is CCCCCC[N+](CC)(CCCCCC)C(=NCC)N(CC)CC.[Cl-]. The normalized spacial score (nSPS) is 12.2. The summed E-state index contributed by atoms with van der Waals surface area (Å²) in [5, 5.41) is 0. The molecule has 3 nitrogen and oxygen atoms in total. The van der Waals surface area contributed by atoms with Crippen LogP contribution in [0, 0.1) is 0 Å². The fourth-order valence-corrected chi connectivity index (χ4v) is 3.65. The van der Waals surface area contributed by atoms with Crippen LogP contribution in [0.4, 0.5) is 0 Å². The zero-order valence-corrected chi connectivity index (χ0v) is 18.9. The molecule has 0 aliphatic rings. The van der Waals surface area contributed by atoms with E-state index in [0.29, 0.717) is 0 Å². The number of unbranched alkanes of at least 4 members (excludes halogenated alkanes) is 6. The summed E-state index contributed by atoms with van der Waals surface area (Å²) in [5.74, 6) is 1.36. The van der Waals surface area contributed by atoms with Crippen LogP contribution in [0.1, 0.15) is 92.9 Å². The summed E-state index contributed by atoms with van der Waals surface area (Å²) in [4.78, 5) is 7.53. The van der Waals surface area contributed by atoms with Crippen molar-refractivity contribution in [2.45, 2.75) is 92.9 Å². The Hall–Kier alpha value is -0.280. The first-order chi connectivity index (χ1) is 11.7. The van der Waals surface area contributed by atoms with Crippen molar-refractivity contribution in [1.29, 1.82) is 0 Å². The van der Waals surface area contributed by atoms with Crippen molar-refractivity contribution in [3.05, 3.63) is 0 Å². The summed E-state index contributed by atoms with van der Waals surface area (Å²) in [5.41, 5.74) is 0. The lowest BCUT2D eigenvalue weighted by molar-refractivity contribution is -0.846. The third-order valence-electron chi connectivity index (χ3n) is 5.25. The fourth-order valence-electron chi connectivity index (χ4n) is 3.65. The molecule has 0 atom stereocenters. The summed E-state index contributed by atoms with van der Waals surface area (Å²) < 4.78 is 1.10. The minimum absolute atomic E-state index is 0. The Balaban J connectivity index is 0. The number of quaternary nitrogens is 1. The molecule has 0 radical (unpaired) electrons. The summed E-state index contributed by atoms with van der Waals surface area (Å²) in [6.07, 6.45) is 10.8. The summed E-state index contributed by atoms with van der Waals surface area (Å²) in [6.45, 7) is 20.4. The highest BCUT2D eigenvalue weighted by molar-refractivity contribution is 5.73. The maximum atomic E-state index is 5.02. The lowest BCUT2D eigenvalue weighted by Gasteiger charge is -2.41. The first-order valence-corrected chi connectivity index (χ1v) is 10.8. The molecule has 0 N–H and O–H groups in total. The highest BCUT2D eigenvalue weighted by Crippen LogP contribution is 2.18. The highest BCUT2D eigenvalue weighted by atomic mass is 35.5. The Labute approximate surface area is 165 Å². The molecule has 0 aromatic carbocycles. The average molecular weight is 376 g/mol.